The molecule has 0 radical (unpaired) electrons. The number of hydrogen-bond acceptors (Lipinski definition) is 2. The van der Waals surface area contributed by atoms with Gasteiger partial charge < -0.3 is 10.6 Å². The molecule has 1 fully saturated rings. The van der Waals surface area contributed by atoms with Crippen molar-refractivity contribution in [2.75, 3.05) is 18.4 Å². The van der Waals surface area contributed by atoms with Crippen LogP contribution in [0.5, 0.6) is 0 Å². The molecule has 124 valence electrons. The maximum Gasteiger partial charge on any atom is 0.263 e. The lowest BCUT2D eigenvalue weighted by Gasteiger charge is -2.27. The second-order valence-corrected chi connectivity index (χ2v) is 5.74. The average molecular weight is 333 g/mol. The van der Waals surface area contributed by atoms with E-state index >= 15 is 0 Å². The molecular weight excluding hydrogens is 310 g/mol. The number of alkyl halides is 2. The molecule has 2 N–H and O–H groups in total. The first-order valence-electron chi connectivity index (χ1n) is 7.45. The predicted molar refractivity (Wildman–Crippen MR) is 86.7 cm³/mol. The van der Waals surface area contributed by atoms with E-state index in [1.807, 2.05) is 0 Å². The van der Waals surface area contributed by atoms with Crippen LogP contribution < -0.4 is 10.6 Å². The summed E-state index contributed by atoms with van der Waals surface area (Å²) in [5.74, 6) is 0.766. The molecule has 1 amide bonds. The Morgan fingerprint density at radius 1 is 1.36 bits per heavy atom. The minimum atomic E-state index is -2.52. The van der Waals surface area contributed by atoms with Crippen molar-refractivity contribution in [3.63, 3.8) is 0 Å². The largest absolute Gasteiger partial charge is 0.326 e. The Hall–Kier alpha value is -1.20. The van der Waals surface area contributed by atoms with Gasteiger partial charge in [0.1, 0.15) is 0 Å². The molecule has 0 aromatic heterocycles. The zero-order chi connectivity index (χ0) is 15.2. The van der Waals surface area contributed by atoms with Crippen molar-refractivity contribution in [1.82, 2.24) is 5.32 Å². The molecular formula is C16H23ClF2N2O. The Bertz CT molecular complexity index is 479. The molecule has 2 rings (SSSR count). The minimum Gasteiger partial charge on any atom is -0.326 e. The van der Waals surface area contributed by atoms with E-state index in [4.69, 9.17) is 0 Å². The van der Waals surface area contributed by atoms with Crippen LogP contribution >= 0.6 is 12.4 Å². The standard InChI is InChI=1S/C16H22F2N2O.ClH/c1-11(12-5-7-19-8-6-12)9-15(21)20-14-4-2-3-13(10-14)16(17)18;/h2-4,10-12,16,19H,5-9H2,1H3,(H,20,21);1H. The van der Waals surface area contributed by atoms with Crippen LogP contribution in [0.25, 0.3) is 0 Å². The average Bonchev–Trinajstić information content (AvgIpc) is 2.48. The molecule has 6 heteroatoms. The van der Waals surface area contributed by atoms with Crippen LogP contribution in [0.1, 0.15) is 38.2 Å². The number of hydrogen-bond donors (Lipinski definition) is 2. The molecule has 1 saturated heterocycles. The van der Waals surface area contributed by atoms with Crippen LogP contribution in [0.3, 0.4) is 0 Å². The zero-order valence-electron chi connectivity index (χ0n) is 12.6. The van der Waals surface area contributed by atoms with Gasteiger partial charge in [-0.2, -0.15) is 0 Å². The molecule has 22 heavy (non-hydrogen) atoms. The van der Waals surface area contributed by atoms with Crippen LogP contribution in [-0.2, 0) is 4.79 Å². The lowest BCUT2D eigenvalue weighted by Crippen LogP contribution is -2.32. The van der Waals surface area contributed by atoms with Crippen molar-refractivity contribution in [1.29, 1.82) is 0 Å². The molecule has 0 bridgehead atoms. The molecule has 1 heterocycles. The highest BCUT2D eigenvalue weighted by Crippen LogP contribution is 2.25. The number of anilines is 1. The summed E-state index contributed by atoms with van der Waals surface area (Å²) in [6.45, 7) is 4.10. The molecule has 0 spiro atoms. The topological polar surface area (TPSA) is 41.1 Å². The van der Waals surface area contributed by atoms with Crippen molar-refractivity contribution in [3.8, 4) is 0 Å². The number of benzene rings is 1. The van der Waals surface area contributed by atoms with Crippen molar-refractivity contribution >= 4 is 24.0 Å². The fourth-order valence-corrected chi connectivity index (χ4v) is 2.84. The summed E-state index contributed by atoms with van der Waals surface area (Å²) in [6, 6.07) is 5.86. The van der Waals surface area contributed by atoms with E-state index in [9.17, 15) is 13.6 Å². The summed E-state index contributed by atoms with van der Waals surface area (Å²) < 4.78 is 25.2. The van der Waals surface area contributed by atoms with Crippen molar-refractivity contribution in [2.24, 2.45) is 11.8 Å². The molecule has 1 aliphatic rings. The Morgan fingerprint density at radius 3 is 2.68 bits per heavy atom. The molecule has 1 atom stereocenters. The number of piperidine rings is 1. The first kappa shape index (κ1) is 18.8. The van der Waals surface area contributed by atoms with Crippen LogP contribution in [0.4, 0.5) is 14.5 Å². The van der Waals surface area contributed by atoms with Crippen LogP contribution in [0, 0.1) is 11.8 Å². The Balaban J connectivity index is 0.00000242. The van der Waals surface area contributed by atoms with Crippen LogP contribution in [0.15, 0.2) is 24.3 Å². The van der Waals surface area contributed by atoms with E-state index < -0.39 is 6.43 Å². The maximum absolute atomic E-state index is 12.6. The van der Waals surface area contributed by atoms with Gasteiger partial charge in [-0.3, -0.25) is 4.79 Å². The fourth-order valence-electron chi connectivity index (χ4n) is 2.84. The summed E-state index contributed by atoms with van der Waals surface area (Å²) in [6.07, 6.45) is 0.101. The predicted octanol–water partition coefficient (Wildman–Crippen LogP) is 4.01. The molecule has 3 nitrogen and oxygen atoms in total. The molecule has 0 saturated carbocycles. The van der Waals surface area contributed by atoms with Gasteiger partial charge in [-0.15, -0.1) is 12.4 Å². The van der Waals surface area contributed by atoms with Gasteiger partial charge in [0.25, 0.3) is 6.43 Å². The fraction of sp³-hybridized carbons (Fsp3) is 0.562. The lowest BCUT2D eigenvalue weighted by atomic mass is 9.84. The second-order valence-electron chi connectivity index (χ2n) is 5.74. The Morgan fingerprint density at radius 2 is 2.05 bits per heavy atom. The van der Waals surface area contributed by atoms with E-state index in [-0.39, 0.29) is 23.9 Å². The Kier molecular flexibility index (Phi) is 7.76. The van der Waals surface area contributed by atoms with Crippen LogP contribution in [0.2, 0.25) is 0 Å². The van der Waals surface area contributed by atoms with Crippen molar-refractivity contribution < 1.29 is 13.6 Å². The second kappa shape index (κ2) is 9.06. The van der Waals surface area contributed by atoms with E-state index in [0.29, 0.717) is 23.9 Å². The molecule has 0 aliphatic carbocycles. The summed E-state index contributed by atoms with van der Waals surface area (Å²) in [5.41, 5.74) is 0.370. The monoisotopic (exact) mass is 332 g/mol. The summed E-state index contributed by atoms with van der Waals surface area (Å²) >= 11 is 0. The van der Waals surface area contributed by atoms with E-state index in [0.717, 1.165) is 25.9 Å². The third kappa shape index (κ3) is 5.54. The Labute approximate surface area is 136 Å². The van der Waals surface area contributed by atoms with E-state index in [1.165, 1.54) is 18.2 Å². The highest BCUT2D eigenvalue weighted by Gasteiger charge is 2.22. The molecule has 1 aromatic rings. The number of carbonyl (C=O) groups is 1. The number of halogens is 3. The first-order valence-corrected chi connectivity index (χ1v) is 7.45. The van der Waals surface area contributed by atoms with Gasteiger partial charge in [0.05, 0.1) is 0 Å². The molecule has 1 unspecified atom stereocenters. The van der Waals surface area contributed by atoms with Gasteiger partial charge in [-0.1, -0.05) is 19.1 Å². The minimum absolute atomic E-state index is 0. The van der Waals surface area contributed by atoms with Gasteiger partial charge in [0.15, 0.2) is 0 Å². The van der Waals surface area contributed by atoms with Gasteiger partial charge in [-0.25, -0.2) is 8.78 Å². The number of rotatable bonds is 5. The quantitative estimate of drug-likeness (QED) is 0.855. The zero-order valence-corrected chi connectivity index (χ0v) is 13.5. The third-order valence-electron chi connectivity index (χ3n) is 4.12. The summed E-state index contributed by atoms with van der Waals surface area (Å²) in [5, 5.41) is 6.03. The molecule has 1 aromatic carbocycles. The van der Waals surface area contributed by atoms with Gasteiger partial charge in [-0.05, 0) is 49.9 Å². The highest BCUT2D eigenvalue weighted by molar-refractivity contribution is 5.90. The van der Waals surface area contributed by atoms with Gasteiger partial charge >= 0.3 is 0 Å². The van der Waals surface area contributed by atoms with Crippen molar-refractivity contribution in [2.45, 2.75) is 32.6 Å². The molecule has 1 aliphatic heterocycles. The van der Waals surface area contributed by atoms with Gasteiger partial charge in [0, 0.05) is 17.7 Å². The summed E-state index contributed by atoms with van der Waals surface area (Å²) in [4.78, 5) is 12.0. The SMILES string of the molecule is CC(CC(=O)Nc1cccc(C(F)F)c1)C1CCNCC1.Cl. The lowest BCUT2D eigenvalue weighted by molar-refractivity contribution is -0.117. The smallest absolute Gasteiger partial charge is 0.263 e. The maximum atomic E-state index is 12.6. The van der Waals surface area contributed by atoms with Crippen molar-refractivity contribution in [3.05, 3.63) is 29.8 Å². The van der Waals surface area contributed by atoms with E-state index in [2.05, 4.69) is 17.6 Å². The van der Waals surface area contributed by atoms with Gasteiger partial charge in [0.2, 0.25) is 5.91 Å². The van der Waals surface area contributed by atoms with E-state index in [1.54, 1.807) is 6.07 Å². The normalized spacial score (nSPS) is 16.9. The highest BCUT2D eigenvalue weighted by atomic mass is 35.5. The number of nitrogens with one attached hydrogen (secondary N) is 2. The number of carbonyl (C=O) groups excluding carboxylic acids is 1. The number of amides is 1. The van der Waals surface area contributed by atoms with Crippen LogP contribution in [-0.4, -0.2) is 19.0 Å². The first-order chi connectivity index (χ1) is 10.1. The summed E-state index contributed by atoms with van der Waals surface area (Å²) in [7, 11) is 0. The third-order valence-corrected chi connectivity index (χ3v) is 4.12.